The summed E-state index contributed by atoms with van der Waals surface area (Å²) in [6, 6.07) is 1.97. The third-order valence-electron chi connectivity index (χ3n) is 6.99. The molecule has 182 valence electrons. The molecule has 5 rings (SSSR count). The Kier molecular flexibility index (Phi) is 6.09. The highest BCUT2D eigenvalue weighted by Crippen LogP contribution is 2.50. The first kappa shape index (κ1) is 23.9. The molecule has 1 aliphatic heterocycles. The zero-order valence-electron chi connectivity index (χ0n) is 20.2. The molecule has 1 saturated carbocycles. The van der Waals surface area contributed by atoms with Crippen LogP contribution >= 0.6 is 11.3 Å². The lowest BCUT2D eigenvalue weighted by Crippen LogP contribution is -2.29. The summed E-state index contributed by atoms with van der Waals surface area (Å²) in [7, 11) is -1.32. The first-order valence-electron chi connectivity index (χ1n) is 11.5. The summed E-state index contributed by atoms with van der Waals surface area (Å²) < 4.78 is 25.9. The van der Waals surface area contributed by atoms with Crippen molar-refractivity contribution < 1.29 is 18.8 Å². The van der Waals surface area contributed by atoms with Gasteiger partial charge >= 0.3 is 0 Å². The van der Waals surface area contributed by atoms with Crippen LogP contribution in [0.25, 0.3) is 20.8 Å². The number of rotatable bonds is 5. The van der Waals surface area contributed by atoms with Gasteiger partial charge in [-0.2, -0.15) is 0 Å². The number of thiazole rings is 1. The number of aliphatic hydroxyl groups is 1. The maximum atomic E-state index is 12.4. The normalized spacial score (nSPS) is 27.7. The Morgan fingerprint density at radius 3 is 2.62 bits per heavy atom. The number of aryl methyl sites for hydroxylation is 2. The topological polar surface area (TPSA) is 107 Å². The van der Waals surface area contributed by atoms with Crippen LogP contribution < -0.4 is 0 Å². The molecule has 0 amide bonds. The van der Waals surface area contributed by atoms with Gasteiger partial charge in [0.05, 0.1) is 50.4 Å². The largest absolute Gasteiger partial charge is 0.396 e. The summed E-state index contributed by atoms with van der Waals surface area (Å²) in [5, 5.41) is 11.2. The van der Waals surface area contributed by atoms with Crippen LogP contribution in [0, 0.1) is 25.7 Å². The predicted octanol–water partition coefficient (Wildman–Crippen LogP) is 3.75. The van der Waals surface area contributed by atoms with E-state index in [1.807, 2.05) is 33.8 Å². The van der Waals surface area contributed by atoms with Crippen molar-refractivity contribution in [3.05, 3.63) is 29.3 Å². The molecular formula is C24H30N4O4S2. The fourth-order valence-corrected chi connectivity index (χ4v) is 6.99. The number of aromatic nitrogens is 4. The van der Waals surface area contributed by atoms with E-state index in [1.54, 1.807) is 23.8 Å². The van der Waals surface area contributed by atoms with Crippen molar-refractivity contribution in [1.29, 1.82) is 0 Å². The van der Waals surface area contributed by atoms with Crippen LogP contribution in [0.1, 0.15) is 50.2 Å². The van der Waals surface area contributed by atoms with E-state index in [1.165, 1.54) is 0 Å². The third kappa shape index (κ3) is 3.99. The summed E-state index contributed by atoms with van der Waals surface area (Å²) in [5.41, 5.74) is 4.20. The van der Waals surface area contributed by atoms with E-state index in [0.717, 1.165) is 44.3 Å². The molecule has 1 saturated heterocycles. The van der Waals surface area contributed by atoms with Gasteiger partial charge in [-0.3, -0.25) is 9.19 Å². The zero-order valence-corrected chi connectivity index (χ0v) is 21.9. The fourth-order valence-electron chi connectivity index (χ4n) is 5.38. The Hall–Kier alpha value is -1.85. The van der Waals surface area contributed by atoms with E-state index in [0.29, 0.717) is 5.16 Å². The van der Waals surface area contributed by atoms with Crippen molar-refractivity contribution in [3.8, 4) is 10.6 Å². The summed E-state index contributed by atoms with van der Waals surface area (Å²) >= 11 is 1.59. The van der Waals surface area contributed by atoms with E-state index < -0.39 is 16.6 Å². The van der Waals surface area contributed by atoms with Crippen LogP contribution in [-0.4, -0.2) is 60.1 Å². The molecule has 6 unspecified atom stereocenters. The molecule has 0 radical (unpaired) electrons. The molecule has 10 heteroatoms. The lowest BCUT2D eigenvalue weighted by Gasteiger charge is -2.28. The number of hydrogen-bond donors (Lipinski definition) is 1. The summed E-state index contributed by atoms with van der Waals surface area (Å²) in [6.07, 6.45) is 3.85. The average Bonchev–Trinajstić information content (AvgIpc) is 3.43. The van der Waals surface area contributed by atoms with Gasteiger partial charge in [-0.05, 0) is 46.1 Å². The van der Waals surface area contributed by atoms with E-state index >= 15 is 0 Å². The molecule has 2 aliphatic rings. The minimum atomic E-state index is -1.32. The number of ether oxygens (including phenoxy) is 2. The summed E-state index contributed by atoms with van der Waals surface area (Å²) in [5.74, 6) is -0.666. The lowest BCUT2D eigenvalue weighted by atomic mass is 9.85. The van der Waals surface area contributed by atoms with Crippen molar-refractivity contribution in [1.82, 2.24) is 19.9 Å². The average molecular weight is 503 g/mol. The van der Waals surface area contributed by atoms with Gasteiger partial charge in [-0.25, -0.2) is 15.0 Å². The summed E-state index contributed by atoms with van der Waals surface area (Å²) in [4.78, 5) is 18.7. The van der Waals surface area contributed by atoms with Gasteiger partial charge in [0.25, 0.3) is 0 Å². The molecule has 1 aliphatic carbocycles. The van der Waals surface area contributed by atoms with Crippen LogP contribution in [0.4, 0.5) is 0 Å². The molecule has 6 atom stereocenters. The minimum Gasteiger partial charge on any atom is -0.396 e. The van der Waals surface area contributed by atoms with Gasteiger partial charge < -0.3 is 14.6 Å². The lowest BCUT2D eigenvalue weighted by molar-refractivity contribution is -0.163. The molecule has 3 aromatic rings. The maximum absolute atomic E-state index is 12.4. The predicted molar refractivity (Wildman–Crippen MR) is 131 cm³/mol. The second-order valence-corrected chi connectivity index (χ2v) is 12.1. The van der Waals surface area contributed by atoms with E-state index in [2.05, 4.69) is 16.9 Å². The maximum Gasteiger partial charge on any atom is 0.218 e. The molecule has 2 fully saturated rings. The first-order chi connectivity index (χ1) is 16.1. The molecule has 1 N–H and O–H groups in total. The Bertz CT molecular complexity index is 1280. The fraction of sp³-hybridized carbons (Fsp3) is 0.583. The summed E-state index contributed by atoms with van der Waals surface area (Å²) in [6.45, 7) is 9.88. The van der Waals surface area contributed by atoms with Gasteiger partial charge in [-0.15, -0.1) is 11.3 Å². The van der Waals surface area contributed by atoms with Crippen molar-refractivity contribution in [3.63, 3.8) is 0 Å². The van der Waals surface area contributed by atoms with E-state index in [9.17, 15) is 9.32 Å². The van der Waals surface area contributed by atoms with Crippen LogP contribution in [0.15, 0.2) is 17.4 Å². The highest BCUT2D eigenvalue weighted by molar-refractivity contribution is 7.84. The number of nitrogens with zero attached hydrogens (tertiary/aromatic N) is 4. The van der Waals surface area contributed by atoms with Gasteiger partial charge in [0.1, 0.15) is 10.5 Å². The Labute approximate surface area is 205 Å². The Balaban J connectivity index is 1.64. The quantitative estimate of drug-likeness (QED) is 0.526. The molecule has 0 spiro atoms. The van der Waals surface area contributed by atoms with Crippen molar-refractivity contribution >= 4 is 32.4 Å². The van der Waals surface area contributed by atoms with Crippen molar-refractivity contribution in [2.24, 2.45) is 11.8 Å². The first-order valence-corrected chi connectivity index (χ1v) is 13.9. The zero-order chi connectivity index (χ0) is 24.4. The highest BCUT2D eigenvalue weighted by Gasteiger charge is 2.55. The van der Waals surface area contributed by atoms with E-state index in [4.69, 9.17) is 19.4 Å². The molecule has 4 heterocycles. The second-order valence-electron chi connectivity index (χ2n) is 9.76. The van der Waals surface area contributed by atoms with Crippen LogP contribution in [-0.2, 0) is 20.3 Å². The standard InChI is InChI=1S/C24H30N4O4S2/c1-11(15-9-14(10-29)20-21(15)32-24(4,5)31-20)18-17(12(2)26-23(28-18)34(6)30)22-27-19-13(3)25-8-7-16(19)33-22/h7-8,11,14-15,20-21,29H,9-10H2,1-6H3. The Morgan fingerprint density at radius 2 is 1.94 bits per heavy atom. The van der Waals surface area contributed by atoms with Crippen molar-refractivity contribution in [2.45, 2.75) is 70.1 Å². The molecule has 0 aromatic carbocycles. The molecule has 34 heavy (non-hydrogen) atoms. The van der Waals surface area contributed by atoms with Crippen LogP contribution in [0.5, 0.6) is 0 Å². The molecule has 3 aromatic heterocycles. The number of aliphatic hydroxyl groups excluding tert-OH is 1. The van der Waals surface area contributed by atoms with E-state index in [-0.39, 0.29) is 36.6 Å². The van der Waals surface area contributed by atoms with Gasteiger partial charge in [-0.1, -0.05) is 6.92 Å². The number of hydrogen-bond acceptors (Lipinski definition) is 9. The minimum absolute atomic E-state index is 0.00145. The smallest absolute Gasteiger partial charge is 0.218 e. The van der Waals surface area contributed by atoms with Crippen LogP contribution in [0.2, 0.25) is 0 Å². The Morgan fingerprint density at radius 1 is 1.21 bits per heavy atom. The molecule has 0 bridgehead atoms. The molecule has 8 nitrogen and oxygen atoms in total. The van der Waals surface area contributed by atoms with Gasteiger partial charge in [0.2, 0.25) is 5.16 Å². The second kappa shape index (κ2) is 8.67. The van der Waals surface area contributed by atoms with Gasteiger partial charge in [0.15, 0.2) is 5.79 Å². The monoisotopic (exact) mass is 502 g/mol. The van der Waals surface area contributed by atoms with Crippen LogP contribution in [0.3, 0.4) is 0 Å². The highest BCUT2D eigenvalue weighted by atomic mass is 32.2. The number of pyridine rings is 1. The SMILES string of the molecule is Cc1nc(S(C)=O)nc(C(C)C2CC(CO)C3OC(C)(C)OC23)c1-c1nc2c(C)nccc2s1. The number of fused-ring (bicyclic) bond motifs is 2. The molecular weight excluding hydrogens is 472 g/mol. The van der Waals surface area contributed by atoms with Gasteiger partial charge in [0, 0.05) is 30.9 Å². The third-order valence-corrected chi connectivity index (χ3v) is 8.73. The van der Waals surface area contributed by atoms with Crippen molar-refractivity contribution in [2.75, 3.05) is 12.9 Å².